The largest absolute Gasteiger partial charge is 0.343 e. The van der Waals surface area contributed by atoms with Gasteiger partial charge < -0.3 is 52.3 Å². The van der Waals surface area contributed by atoms with Gasteiger partial charge in [0, 0.05) is 25.7 Å². The fourth-order valence-electron chi connectivity index (χ4n) is 11.1. The summed E-state index contributed by atoms with van der Waals surface area (Å²) in [6.45, 7) is 17.9. The quantitative estimate of drug-likeness (QED) is 0.124. The minimum Gasteiger partial charge on any atom is -0.343 e. The lowest BCUT2D eigenvalue weighted by Gasteiger charge is -2.32. The van der Waals surface area contributed by atoms with Crippen LogP contribution in [0.25, 0.3) is 0 Å². The summed E-state index contributed by atoms with van der Waals surface area (Å²) >= 11 is 0. The normalized spacial score (nSPS) is 27.3. The first-order chi connectivity index (χ1) is 40.1. The second kappa shape index (κ2) is 30.5. The lowest BCUT2D eigenvalue weighted by Crippen LogP contribution is -2.62. The van der Waals surface area contributed by atoms with Gasteiger partial charge in [-0.15, -0.1) is 0 Å². The number of nitrogens with one attached hydrogen (secondary N) is 8. The van der Waals surface area contributed by atoms with Crippen molar-refractivity contribution in [1.29, 1.82) is 0 Å². The van der Waals surface area contributed by atoms with E-state index in [1.165, 1.54) is 0 Å². The monoisotopic (exact) mass is 1210 g/mol. The van der Waals surface area contributed by atoms with E-state index in [0.29, 0.717) is 20.9 Å². The molecule has 0 radical (unpaired) electrons. The van der Waals surface area contributed by atoms with E-state index in [9.17, 15) is 47.9 Å². The van der Waals surface area contributed by atoms with Gasteiger partial charge in [-0.2, -0.15) is 0 Å². The minimum absolute atomic E-state index is 0.0146. The second-order valence-corrected chi connectivity index (χ2v) is 25.8. The van der Waals surface area contributed by atoms with Crippen LogP contribution in [0.4, 0.5) is 17.6 Å². The van der Waals surface area contributed by atoms with Crippen molar-refractivity contribution in [3.05, 3.63) is 71.8 Å². The van der Waals surface area contributed by atoms with Crippen LogP contribution in [0, 0.1) is 35.5 Å². The molecule has 0 aromatic heterocycles. The second-order valence-electron chi connectivity index (χ2n) is 25.8. The minimum atomic E-state index is -3.62. The summed E-state index contributed by atoms with van der Waals surface area (Å²) in [7, 11) is 0. The number of carbonyl (C=O) groups excluding carboxylic acids is 10. The van der Waals surface area contributed by atoms with Gasteiger partial charge in [0.15, 0.2) is 0 Å². The van der Waals surface area contributed by atoms with Crippen molar-refractivity contribution in [2.75, 3.05) is 13.1 Å². The maximum absolute atomic E-state index is 15.8. The molecule has 10 amide bonds. The highest BCUT2D eigenvalue weighted by Gasteiger charge is 2.54. The summed E-state index contributed by atoms with van der Waals surface area (Å²) in [6, 6.07) is 1.12. The Morgan fingerprint density at radius 1 is 0.372 bits per heavy atom. The molecule has 86 heavy (non-hydrogen) atoms. The Bertz CT molecular complexity index is 2530. The Morgan fingerprint density at radius 3 is 0.884 bits per heavy atom. The van der Waals surface area contributed by atoms with Gasteiger partial charge in [0.05, 0.1) is 13.1 Å². The summed E-state index contributed by atoms with van der Waals surface area (Å²) in [5, 5.41) is 21.2. The third-order valence-electron chi connectivity index (χ3n) is 15.4. The molecule has 3 heterocycles. The maximum atomic E-state index is 15.8. The van der Waals surface area contributed by atoms with E-state index in [1.807, 2.05) is 0 Å². The number of amides is 10. The van der Waals surface area contributed by atoms with Crippen LogP contribution in [-0.4, -0.2) is 154 Å². The Balaban J connectivity index is 1.64. The number of fused-ring (bicyclic) bond motifs is 2. The molecular weight excluding hydrogens is 1120 g/mol. The standard InChI is InChI=1S/C62H90F4N10O10/c1-33(2)23-41-53(79)71-45(27-39-19-15-13-16-20-39)59(85)75-31-61(63,64)29-47(75)55(81)74-50(38(11)12)58(84)70-44(26-36(7)8)52(78)68-42(24-34(3)4)54(80)72-46(28-40-21-17-14-18-22-40)60(86)76-32-62(65,66)30-48(76)56(82)73-49(37(9)10)57(83)69-43(25-35(5)6)51(77)67-41/h13-22,33-38,41-50H,23-32H2,1-12H3,(H,67,77)(H,68,78)(H,69,83)(H,70,84)(H,71,79)(H,72,80)(H,73,82)(H,74,81)/t41-,42-,43-,44-,45+,46+,47-,48-,49-,50-/m0/s1. The van der Waals surface area contributed by atoms with Gasteiger partial charge >= 0.3 is 0 Å². The van der Waals surface area contributed by atoms with Crippen LogP contribution in [0.3, 0.4) is 0 Å². The van der Waals surface area contributed by atoms with Crippen LogP contribution in [0.1, 0.15) is 133 Å². The number of carbonyl (C=O) groups is 10. The van der Waals surface area contributed by atoms with E-state index in [2.05, 4.69) is 42.5 Å². The van der Waals surface area contributed by atoms with Gasteiger partial charge in [-0.25, -0.2) is 17.6 Å². The predicted molar refractivity (Wildman–Crippen MR) is 313 cm³/mol. The number of benzene rings is 2. The van der Waals surface area contributed by atoms with Crippen molar-refractivity contribution in [2.24, 2.45) is 35.5 Å². The number of rotatable bonds is 14. The highest BCUT2D eigenvalue weighted by Crippen LogP contribution is 2.35. The third-order valence-corrected chi connectivity index (χ3v) is 15.4. The predicted octanol–water partition coefficient (Wildman–Crippen LogP) is 4.33. The number of nitrogens with zero attached hydrogens (tertiary/aromatic N) is 2. The molecule has 0 bridgehead atoms. The van der Waals surface area contributed by atoms with E-state index >= 15 is 17.6 Å². The first-order valence-corrected chi connectivity index (χ1v) is 30.0. The van der Waals surface area contributed by atoms with Crippen molar-refractivity contribution in [3.8, 4) is 0 Å². The van der Waals surface area contributed by atoms with Crippen LogP contribution < -0.4 is 42.5 Å². The summed E-state index contributed by atoms with van der Waals surface area (Å²) in [5.41, 5.74) is 0.985. The fourth-order valence-corrected chi connectivity index (χ4v) is 11.1. The van der Waals surface area contributed by atoms with Crippen molar-refractivity contribution in [1.82, 2.24) is 52.3 Å². The zero-order valence-electron chi connectivity index (χ0n) is 51.6. The number of halogens is 4. The maximum Gasteiger partial charge on any atom is 0.267 e. The zero-order chi connectivity index (χ0) is 64.1. The molecule has 0 saturated carbocycles. The summed E-state index contributed by atoms with van der Waals surface area (Å²) in [5.74, 6) is -19.6. The van der Waals surface area contributed by atoms with Crippen molar-refractivity contribution < 1.29 is 65.5 Å². The lowest BCUT2D eigenvalue weighted by atomic mass is 9.97. The van der Waals surface area contributed by atoms with Crippen LogP contribution in [-0.2, 0) is 60.8 Å². The highest BCUT2D eigenvalue weighted by atomic mass is 19.3. The molecule has 3 fully saturated rings. The van der Waals surface area contributed by atoms with E-state index in [1.54, 1.807) is 144 Å². The first kappa shape index (κ1) is 69.6. The number of alkyl halides is 4. The molecule has 2 aromatic rings. The average molecular weight is 1210 g/mol. The van der Waals surface area contributed by atoms with Gasteiger partial charge in [-0.05, 0) is 72.3 Å². The van der Waals surface area contributed by atoms with Crippen LogP contribution in [0.2, 0.25) is 0 Å². The molecule has 3 aliphatic rings. The summed E-state index contributed by atoms with van der Waals surface area (Å²) in [4.78, 5) is 147. The number of hydrogen-bond acceptors (Lipinski definition) is 10. The van der Waals surface area contributed by atoms with E-state index < -0.39 is 169 Å². The van der Waals surface area contributed by atoms with Crippen LogP contribution >= 0.6 is 0 Å². The molecule has 20 nitrogen and oxygen atoms in total. The smallest absolute Gasteiger partial charge is 0.267 e. The molecule has 24 heteroatoms. The molecule has 476 valence electrons. The molecule has 0 unspecified atom stereocenters. The van der Waals surface area contributed by atoms with Gasteiger partial charge in [0.1, 0.15) is 60.4 Å². The fraction of sp³-hybridized carbons (Fsp3) is 0.645. The van der Waals surface area contributed by atoms with E-state index in [0.717, 1.165) is 0 Å². The van der Waals surface area contributed by atoms with Crippen molar-refractivity contribution >= 4 is 59.1 Å². The Labute approximate surface area is 502 Å². The van der Waals surface area contributed by atoms with Gasteiger partial charge in [-0.1, -0.05) is 144 Å². The molecular formula is C62H90F4N10O10. The van der Waals surface area contributed by atoms with Crippen molar-refractivity contribution in [2.45, 2.75) is 207 Å². The molecule has 2 aromatic carbocycles. The number of hydrogen-bond donors (Lipinski definition) is 8. The lowest BCUT2D eigenvalue weighted by molar-refractivity contribution is -0.143. The summed E-state index contributed by atoms with van der Waals surface area (Å²) in [6.07, 6.45) is -2.91. The van der Waals surface area contributed by atoms with Crippen LogP contribution in [0.15, 0.2) is 60.7 Å². The average Bonchev–Trinajstić information content (AvgIpc) is 2.57. The summed E-state index contributed by atoms with van der Waals surface area (Å²) < 4.78 is 63.0. The molecule has 5 rings (SSSR count). The molecule has 8 N–H and O–H groups in total. The highest BCUT2D eigenvalue weighted by molar-refractivity contribution is 6.00. The first-order valence-electron chi connectivity index (χ1n) is 30.0. The third kappa shape index (κ3) is 20.0. The van der Waals surface area contributed by atoms with Gasteiger partial charge in [0.2, 0.25) is 59.1 Å². The topological polar surface area (TPSA) is 273 Å². The SMILES string of the molecule is CC(C)C[C@@H]1NC(=O)[C@H](CC(C)C)NC(=O)[C@H](C(C)C)NC(=O)[C@@H]2CC(F)(F)CN2C(=O)[C@@H](Cc2ccccc2)NC(=O)[C@H](CC(C)C)NC(=O)[C@H](CC(C)C)NC(=O)[C@H](C(C)C)NC(=O)[C@@H]2CC(F)(F)CN2C(=O)[C@@H](Cc2ccccc2)NC1=O. The van der Waals surface area contributed by atoms with Crippen molar-refractivity contribution in [3.63, 3.8) is 0 Å². The van der Waals surface area contributed by atoms with Gasteiger partial charge in [0.25, 0.3) is 11.8 Å². The Morgan fingerprint density at radius 2 is 0.628 bits per heavy atom. The van der Waals surface area contributed by atoms with Crippen LogP contribution in [0.5, 0.6) is 0 Å². The molecule has 3 aliphatic heterocycles. The zero-order valence-corrected chi connectivity index (χ0v) is 51.6. The molecule has 3 saturated heterocycles. The van der Waals surface area contributed by atoms with E-state index in [-0.39, 0.29) is 62.2 Å². The molecule has 0 spiro atoms. The molecule has 10 atom stereocenters. The Hall–Kier alpha value is -7.14. The van der Waals surface area contributed by atoms with E-state index in [4.69, 9.17) is 0 Å². The van der Waals surface area contributed by atoms with Gasteiger partial charge in [-0.3, -0.25) is 47.9 Å². The molecule has 0 aliphatic carbocycles. The Kier molecular flexibility index (Phi) is 24.7.